The summed E-state index contributed by atoms with van der Waals surface area (Å²) in [7, 11) is 1.85. The maximum Gasteiger partial charge on any atom is 0.338 e. The van der Waals surface area contributed by atoms with Crippen molar-refractivity contribution < 1.29 is 28.5 Å². The van der Waals surface area contributed by atoms with Crippen LogP contribution in [0, 0.1) is 0 Å². The average Bonchev–Trinajstić information content (AvgIpc) is 2.76. The molecule has 2 rings (SSSR count). The number of rotatable bonds is 12. The second-order valence-electron chi connectivity index (χ2n) is 5.92. The lowest BCUT2D eigenvalue weighted by molar-refractivity contribution is -0.137. The second-order valence-corrected chi connectivity index (χ2v) is 5.92. The molecular weight excluding hydrogens is 374 g/mol. The van der Waals surface area contributed by atoms with Crippen molar-refractivity contribution in [1.82, 2.24) is 0 Å². The number of nitrogens with one attached hydrogen (secondary N) is 1. The van der Waals surface area contributed by atoms with Gasteiger partial charge in [-0.1, -0.05) is 12.6 Å². The van der Waals surface area contributed by atoms with Crippen LogP contribution in [0.25, 0.3) is 0 Å². The zero-order valence-electron chi connectivity index (χ0n) is 16.4. The Kier molecular flexibility index (Phi) is 9.08. The van der Waals surface area contributed by atoms with Crippen molar-refractivity contribution in [2.75, 3.05) is 32.4 Å². The highest BCUT2D eigenvalue weighted by Crippen LogP contribution is 2.17. The van der Waals surface area contributed by atoms with Gasteiger partial charge in [0.05, 0.1) is 18.8 Å². The molecule has 0 aliphatic carbocycles. The number of esters is 2. The predicted octanol–water partition coefficient (Wildman–Crippen LogP) is 3.81. The Morgan fingerprint density at radius 1 is 0.966 bits per heavy atom. The van der Waals surface area contributed by atoms with Crippen LogP contribution in [0.15, 0.2) is 61.2 Å². The first kappa shape index (κ1) is 21.8. The lowest BCUT2D eigenvalue weighted by Gasteiger charge is -2.10. The van der Waals surface area contributed by atoms with Crippen molar-refractivity contribution in [2.24, 2.45) is 0 Å². The van der Waals surface area contributed by atoms with Crippen LogP contribution in [0.3, 0.4) is 0 Å². The van der Waals surface area contributed by atoms with Gasteiger partial charge < -0.3 is 24.3 Å². The van der Waals surface area contributed by atoms with E-state index in [0.717, 1.165) is 11.8 Å². The Balaban J connectivity index is 1.71. The first-order chi connectivity index (χ1) is 14.1. The summed E-state index contributed by atoms with van der Waals surface area (Å²) in [6.07, 6.45) is 2.30. The molecular formula is C22H25NO6. The molecule has 0 radical (unpaired) electrons. The molecule has 0 amide bonds. The van der Waals surface area contributed by atoms with Gasteiger partial charge in [-0.25, -0.2) is 9.59 Å². The third-order valence-corrected chi connectivity index (χ3v) is 3.85. The number of carbonyl (C=O) groups is 2. The highest BCUT2D eigenvalue weighted by atomic mass is 16.7. The molecule has 154 valence electrons. The van der Waals surface area contributed by atoms with Gasteiger partial charge in [0.2, 0.25) is 6.79 Å². The molecule has 0 bridgehead atoms. The largest absolute Gasteiger partial charge is 0.463 e. The Morgan fingerprint density at radius 3 is 2.34 bits per heavy atom. The van der Waals surface area contributed by atoms with Crippen LogP contribution in [0.5, 0.6) is 11.5 Å². The molecule has 0 aromatic heterocycles. The summed E-state index contributed by atoms with van der Waals surface area (Å²) in [4.78, 5) is 23.0. The minimum atomic E-state index is -0.460. The lowest BCUT2D eigenvalue weighted by Crippen LogP contribution is -2.09. The summed E-state index contributed by atoms with van der Waals surface area (Å²) in [6, 6.07) is 14.2. The van der Waals surface area contributed by atoms with Crippen molar-refractivity contribution in [3.8, 4) is 11.5 Å². The number of carbonyl (C=O) groups excluding carboxylic acids is 2. The molecule has 0 fully saturated rings. The summed E-state index contributed by atoms with van der Waals surface area (Å²) < 4.78 is 21.1. The SMILES string of the molecule is C=CC(=O)OCCCCOC(=O)c1cccc(OCOc2ccc(NC)cc2)c1. The normalized spacial score (nSPS) is 9.97. The van der Waals surface area contributed by atoms with Crippen LogP contribution in [0.4, 0.5) is 5.69 Å². The van der Waals surface area contributed by atoms with Crippen LogP contribution >= 0.6 is 0 Å². The number of benzene rings is 2. The van der Waals surface area contributed by atoms with E-state index in [-0.39, 0.29) is 20.0 Å². The quantitative estimate of drug-likeness (QED) is 0.251. The van der Waals surface area contributed by atoms with Gasteiger partial charge in [-0.3, -0.25) is 0 Å². The van der Waals surface area contributed by atoms with E-state index in [0.29, 0.717) is 29.9 Å². The molecule has 2 aromatic rings. The first-order valence-electron chi connectivity index (χ1n) is 9.22. The van der Waals surface area contributed by atoms with Gasteiger partial charge >= 0.3 is 11.9 Å². The first-order valence-corrected chi connectivity index (χ1v) is 9.22. The molecule has 0 atom stereocenters. The molecule has 0 saturated heterocycles. The maximum absolute atomic E-state index is 12.1. The predicted molar refractivity (Wildman–Crippen MR) is 109 cm³/mol. The van der Waals surface area contributed by atoms with Gasteiger partial charge in [0.25, 0.3) is 0 Å². The van der Waals surface area contributed by atoms with Gasteiger partial charge in [-0.15, -0.1) is 0 Å². The standard InChI is InChI=1S/C22H25NO6/c1-3-21(24)26-13-4-5-14-27-22(25)17-7-6-8-20(15-17)29-16-28-19-11-9-18(23-2)10-12-19/h3,6-12,15,23H,1,4-5,13-14,16H2,2H3. The lowest BCUT2D eigenvalue weighted by atomic mass is 10.2. The topological polar surface area (TPSA) is 83.1 Å². The van der Waals surface area contributed by atoms with Gasteiger partial charge in [0.15, 0.2) is 0 Å². The van der Waals surface area contributed by atoms with E-state index in [9.17, 15) is 9.59 Å². The molecule has 0 unspecified atom stereocenters. The van der Waals surface area contributed by atoms with Crippen molar-refractivity contribution in [1.29, 1.82) is 0 Å². The summed E-state index contributed by atoms with van der Waals surface area (Å²) in [5.41, 5.74) is 1.38. The van der Waals surface area contributed by atoms with Gasteiger partial charge in [0, 0.05) is 18.8 Å². The molecule has 1 N–H and O–H groups in total. The molecule has 0 saturated carbocycles. The fraction of sp³-hybridized carbons (Fsp3) is 0.273. The summed E-state index contributed by atoms with van der Waals surface area (Å²) in [5.74, 6) is 0.279. The molecule has 29 heavy (non-hydrogen) atoms. The Hall–Kier alpha value is -3.48. The van der Waals surface area contributed by atoms with E-state index in [1.807, 2.05) is 31.3 Å². The Morgan fingerprint density at radius 2 is 1.66 bits per heavy atom. The fourth-order valence-corrected chi connectivity index (χ4v) is 2.28. The van der Waals surface area contributed by atoms with Gasteiger partial charge in [-0.05, 0) is 55.3 Å². The zero-order valence-corrected chi connectivity index (χ0v) is 16.4. The minimum Gasteiger partial charge on any atom is -0.463 e. The van der Waals surface area contributed by atoms with E-state index in [2.05, 4.69) is 11.9 Å². The second kappa shape index (κ2) is 12.1. The number of anilines is 1. The molecule has 7 nitrogen and oxygen atoms in total. The highest BCUT2D eigenvalue weighted by Gasteiger charge is 2.08. The fourth-order valence-electron chi connectivity index (χ4n) is 2.28. The van der Waals surface area contributed by atoms with Crippen LogP contribution in [0.2, 0.25) is 0 Å². The van der Waals surface area contributed by atoms with E-state index < -0.39 is 11.9 Å². The van der Waals surface area contributed by atoms with Crippen molar-refractivity contribution in [3.05, 3.63) is 66.7 Å². The van der Waals surface area contributed by atoms with E-state index in [1.165, 1.54) is 0 Å². The molecule has 0 aliphatic rings. The summed E-state index contributed by atoms with van der Waals surface area (Å²) in [6.45, 7) is 3.83. The minimum absolute atomic E-state index is 0.0147. The van der Waals surface area contributed by atoms with Crippen molar-refractivity contribution in [2.45, 2.75) is 12.8 Å². The molecule has 0 heterocycles. The zero-order chi connectivity index (χ0) is 20.9. The third kappa shape index (κ3) is 7.96. The van der Waals surface area contributed by atoms with Crippen LogP contribution in [-0.4, -0.2) is 39.0 Å². The van der Waals surface area contributed by atoms with Crippen molar-refractivity contribution in [3.63, 3.8) is 0 Å². The van der Waals surface area contributed by atoms with E-state index in [1.54, 1.807) is 24.3 Å². The highest BCUT2D eigenvalue weighted by molar-refractivity contribution is 5.89. The Labute approximate surface area is 170 Å². The van der Waals surface area contributed by atoms with Crippen LogP contribution in [-0.2, 0) is 14.3 Å². The van der Waals surface area contributed by atoms with Crippen molar-refractivity contribution >= 4 is 17.6 Å². The summed E-state index contributed by atoms with van der Waals surface area (Å²) >= 11 is 0. The number of ether oxygens (including phenoxy) is 4. The van der Waals surface area contributed by atoms with E-state index in [4.69, 9.17) is 18.9 Å². The van der Waals surface area contributed by atoms with Gasteiger partial charge in [0.1, 0.15) is 11.5 Å². The third-order valence-electron chi connectivity index (χ3n) is 3.85. The monoisotopic (exact) mass is 399 g/mol. The average molecular weight is 399 g/mol. The molecule has 2 aromatic carbocycles. The van der Waals surface area contributed by atoms with E-state index >= 15 is 0 Å². The van der Waals surface area contributed by atoms with Crippen LogP contribution < -0.4 is 14.8 Å². The smallest absolute Gasteiger partial charge is 0.338 e. The molecule has 0 aliphatic heterocycles. The molecule has 7 heteroatoms. The van der Waals surface area contributed by atoms with Crippen LogP contribution in [0.1, 0.15) is 23.2 Å². The number of hydrogen-bond acceptors (Lipinski definition) is 7. The molecule has 0 spiro atoms. The Bertz CT molecular complexity index is 803. The summed E-state index contributed by atoms with van der Waals surface area (Å²) in [5, 5.41) is 3.03. The van der Waals surface area contributed by atoms with Gasteiger partial charge in [-0.2, -0.15) is 0 Å². The number of hydrogen-bond donors (Lipinski definition) is 1. The number of unbranched alkanes of at least 4 members (excludes halogenated alkanes) is 1. The maximum atomic E-state index is 12.1.